The van der Waals surface area contributed by atoms with Crippen molar-refractivity contribution in [2.75, 3.05) is 7.11 Å². The van der Waals surface area contributed by atoms with Crippen molar-refractivity contribution in [2.45, 2.75) is 39.2 Å². The minimum atomic E-state index is -0.725. The van der Waals surface area contributed by atoms with Gasteiger partial charge in [0.1, 0.15) is 10.4 Å². The maximum Gasteiger partial charge on any atom is 0.328 e. The molecule has 6 heteroatoms. The van der Waals surface area contributed by atoms with Crippen LogP contribution in [0.2, 0.25) is 0 Å². The van der Waals surface area contributed by atoms with E-state index in [1.54, 1.807) is 13.0 Å². The van der Waals surface area contributed by atoms with Crippen LogP contribution >= 0.6 is 24.0 Å². The molecule has 0 N–H and O–H groups in total. The molecule has 0 aromatic heterocycles. The summed E-state index contributed by atoms with van der Waals surface area (Å²) in [6.07, 6.45) is 1.80. The number of hydrogen-bond acceptors (Lipinski definition) is 5. The molecule has 0 bridgehead atoms. The normalized spacial score (nSPS) is 18.2. The van der Waals surface area contributed by atoms with E-state index in [4.69, 9.17) is 17.0 Å². The first-order chi connectivity index (χ1) is 11.1. The van der Waals surface area contributed by atoms with E-state index in [-0.39, 0.29) is 11.3 Å². The fourth-order valence-corrected chi connectivity index (χ4v) is 3.74. The van der Waals surface area contributed by atoms with Gasteiger partial charge >= 0.3 is 5.97 Å². The van der Waals surface area contributed by atoms with Gasteiger partial charge in [0.2, 0.25) is 0 Å². The SMILES string of the molecule is COC(=O)[C@@H](C)N1C(=O)/C(=C/c2ccc(C(C)(C)C)cc2)SC1=S. The first-order valence-electron chi connectivity index (χ1n) is 7.60. The Labute approximate surface area is 152 Å². The average molecular weight is 364 g/mol. The zero-order valence-corrected chi connectivity index (χ0v) is 16.1. The second-order valence-corrected chi connectivity index (χ2v) is 8.30. The van der Waals surface area contributed by atoms with Gasteiger partial charge in [-0.15, -0.1) is 0 Å². The summed E-state index contributed by atoms with van der Waals surface area (Å²) in [5, 5.41) is 0. The zero-order valence-electron chi connectivity index (χ0n) is 14.5. The van der Waals surface area contributed by atoms with E-state index in [9.17, 15) is 9.59 Å². The Hall–Kier alpha value is -1.66. The van der Waals surface area contributed by atoms with Gasteiger partial charge in [0, 0.05) is 0 Å². The molecule has 0 spiro atoms. The van der Waals surface area contributed by atoms with Crippen molar-refractivity contribution in [1.29, 1.82) is 0 Å². The molecular formula is C18H21NO3S2. The summed E-state index contributed by atoms with van der Waals surface area (Å²) in [5.74, 6) is -0.745. The molecule has 1 heterocycles. The molecule has 1 amide bonds. The van der Waals surface area contributed by atoms with Crippen molar-refractivity contribution in [3.05, 3.63) is 40.3 Å². The Morgan fingerprint density at radius 2 is 1.88 bits per heavy atom. The molecule has 128 valence electrons. The highest BCUT2D eigenvalue weighted by atomic mass is 32.2. The van der Waals surface area contributed by atoms with Crippen molar-refractivity contribution in [3.8, 4) is 0 Å². The topological polar surface area (TPSA) is 46.6 Å². The van der Waals surface area contributed by atoms with Gasteiger partial charge in [-0.2, -0.15) is 0 Å². The standard InChI is InChI=1S/C18H21NO3S2/c1-11(16(21)22-5)19-15(20)14(24-17(19)23)10-12-6-8-13(9-7-12)18(2,3)4/h6-11H,1-5H3/b14-10-/t11-/m1/s1. The van der Waals surface area contributed by atoms with Crippen molar-refractivity contribution in [3.63, 3.8) is 0 Å². The van der Waals surface area contributed by atoms with Crippen LogP contribution < -0.4 is 0 Å². The van der Waals surface area contributed by atoms with Gasteiger partial charge in [-0.3, -0.25) is 9.69 Å². The first kappa shape index (κ1) is 18.7. The van der Waals surface area contributed by atoms with E-state index in [1.807, 2.05) is 12.1 Å². The fraction of sp³-hybridized carbons (Fsp3) is 0.389. The number of hydrogen-bond donors (Lipinski definition) is 0. The van der Waals surface area contributed by atoms with Crippen molar-refractivity contribution in [1.82, 2.24) is 4.90 Å². The number of amides is 1. The van der Waals surface area contributed by atoms with Crippen LogP contribution in [-0.4, -0.2) is 34.2 Å². The summed E-state index contributed by atoms with van der Waals surface area (Å²) >= 11 is 6.45. The summed E-state index contributed by atoms with van der Waals surface area (Å²) in [4.78, 5) is 26.1. The molecule has 1 aromatic carbocycles. The lowest BCUT2D eigenvalue weighted by molar-refractivity contribution is -0.147. The molecule has 0 unspecified atom stereocenters. The minimum absolute atomic E-state index is 0.0813. The Kier molecular flexibility index (Phi) is 5.50. The monoisotopic (exact) mass is 363 g/mol. The Bertz CT molecular complexity index is 702. The molecule has 0 radical (unpaired) electrons. The van der Waals surface area contributed by atoms with Gasteiger partial charge in [-0.25, -0.2) is 4.79 Å². The van der Waals surface area contributed by atoms with Crippen LogP contribution in [0.5, 0.6) is 0 Å². The molecule has 1 saturated heterocycles. The van der Waals surface area contributed by atoms with E-state index >= 15 is 0 Å². The highest BCUT2D eigenvalue weighted by Crippen LogP contribution is 2.34. The largest absolute Gasteiger partial charge is 0.467 e. The van der Waals surface area contributed by atoms with E-state index < -0.39 is 12.0 Å². The quantitative estimate of drug-likeness (QED) is 0.465. The van der Waals surface area contributed by atoms with Gasteiger partial charge in [0.05, 0.1) is 12.0 Å². The second kappa shape index (κ2) is 7.07. The number of ether oxygens (including phenoxy) is 1. The number of carbonyl (C=O) groups excluding carboxylic acids is 2. The van der Waals surface area contributed by atoms with Crippen LogP contribution in [0.15, 0.2) is 29.2 Å². The van der Waals surface area contributed by atoms with Crippen LogP contribution in [0, 0.1) is 0 Å². The number of rotatable bonds is 3. The smallest absolute Gasteiger partial charge is 0.328 e. The number of methoxy groups -OCH3 is 1. The molecule has 24 heavy (non-hydrogen) atoms. The summed E-state index contributed by atoms with van der Waals surface area (Å²) in [7, 11) is 1.29. The van der Waals surface area contributed by atoms with E-state index in [2.05, 4.69) is 32.9 Å². The number of carbonyl (C=O) groups is 2. The van der Waals surface area contributed by atoms with Crippen LogP contribution in [0.3, 0.4) is 0 Å². The number of thiocarbonyl (C=S) groups is 1. The molecular weight excluding hydrogens is 342 g/mol. The molecule has 4 nitrogen and oxygen atoms in total. The summed E-state index contributed by atoms with van der Waals surface area (Å²) in [5.41, 5.74) is 2.23. The Balaban J connectivity index is 2.24. The molecule has 1 aliphatic rings. The van der Waals surface area contributed by atoms with Crippen LogP contribution in [0.25, 0.3) is 6.08 Å². The van der Waals surface area contributed by atoms with Crippen molar-refractivity contribution in [2.24, 2.45) is 0 Å². The summed E-state index contributed by atoms with van der Waals surface area (Å²) < 4.78 is 5.07. The third kappa shape index (κ3) is 3.87. The Morgan fingerprint density at radius 3 is 2.38 bits per heavy atom. The van der Waals surface area contributed by atoms with E-state index in [0.29, 0.717) is 9.23 Å². The predicted octanol–water partition coefficient (Wildman–Crippen LogP) is 3.75. The number of esters is 1. The van der Waals surface area contributed by atoms with Gasteiger partial charge < -0.3 is 4.74 Å². The minimum Gasteiger partial charge on any atom is -0.467 e. The van der Waals surface area contributed by atoms with Crippen molar-refractivity contribution >= 4 is 46.3 Å². The number of benzene rings is 1. The molecule has 1 atom stereocenters. The van der Waals surface area contributed by atoms with Crippen LogP contribution in [-0.2, 0) is 19.7 Å². The summed E-state index contributed by atoms with van der Waals surface area (Å²) in [6, 6.07) is 7.36. The van der Waals surface area contributed by atoms with Gasteiger partial charge in [0.25, 0.3) is 5.91 Å². The molecule has 0 aliphatic carbocycles. The second-order valence-electron chi connectivity index (χ2n) is 6.62. The lowest BCUT2D eigenvalue weighted by Crippen LogP contribution is -2.42. The zero-order chi connectivity index (χ0) is 18.1. The van der Waals surface area contributed by atoms with Gasteiger partial charge in [0.15, 0.2) is 0 Å². The lowest BCUT2D eigenvalue weighted by atomic mass is 9.87. The third-order valence-electron chi connectivity index (χ3n) is 3.83. The maximum atomic E-state index is 12.5. The van der Waals surface area contributed by atoms with Crippen LogP contribution in [0.1, 0.15) is 38.8 Å². The molecule has 1 fully saturated rings. The molecule has 1 aliphatic heterocycles. The first-order valence-corrected chi connectivity index (χ1v) is 8.83. The lowest BCUT2D eigenvalue weighted by Gasteiger charge is -2.20. The predicted molar refractivity (Wildman–Crippen MR) is 102 cm³/mol. The highest BCUT2D eigenvalue weighted by molar-refractivity contribution is 8.26. The number of thioether (sulfide) groups is 1. The summed E-state index contributed by atoms with van der Waals surface area (Å²) in [6.45, 7) is 8.07. The molecule has 2 rings (SSSR count). The van der Waals surface area contributed by atoms with Crippen LogP contribution in [0.4, 0.5) is 0 Å². The van der Waals surface area contributed by atoms with Crippen molar-refractivity contribution < 1.29 is 14.3 Å². The molecule has 1 aromatic rings. The Morgan fingerprint density at radius 1 is 1.29 bits per heavy atom. The van der Waals surface area contributed by atoms with Gasteiger partial charge in [-0.1, -0.05) is 69.0 Å². The van der Waals surface area contributed by atoms with E-state index in [1.165, 1.54) is 29.3 Å². The maximum absolute atomic E-state index is 12.5. The highest BCUT2D eigenvalue weighted by Gasteiger charge is 2.38. The van der Waals surface area contributed by atoms with E-state index in [0.717, 1.165) is 5.56 Å². The average Bonchev–Trinajstić information content (AvgIpc) is 2.79. The number of nitrogens with zero attached hydrogens (tertiary/aromatic N) is 1. The third-order valence-corrected chi connectivity index (χ3v) is 5.16. The molecule has 0 saturated carbocycles. The fourth-order valence-electron chi connectivity index (χ4n) is 2.32. The van der Waals surface area contributed by atoms with Gasteiger partial charge in [-0.05, 0) is 29.5 Å².